The van der Waals surface area contributed by atoms with Gasteiger partial charge in [-0.05, 0) is 11.0 Å². The topological polar surface area (TPSA) is 0 Å². The van der Waals surface area contributed by atoms with Gasteiger partial charge in [-0.3, -0.25) is 0 Å². The summed E-state index contributed by atoms with van der Waals surface area (Å²) in [6.45, 7) is 4.52. The molecule has 0 aromatic heterocycles. The molecule has 104 valence electrons. The van der Waals surface area contributed by atoms with E-state index in [9.17, 15) is 0 Å². The Morgan fingerprint density at radius 1 is 0.800 bits per heavy atom. The molecular weight excluding hydrogens is 284 g/mol. The van der Waals surface area contributed by atoms with Gasteiger partial charge in [-0.15, -0.1) is 5.56 Å². The number of benzene rings is 1. The normalized spacial score (nSPS) is 10.1. The third kappa shape index (κ3) is 4.23. The second-order valence-electron chi connectivity index (χ2n) is 5.13. The number of rotatable bonds is 2. The van der Waals surface area contributed by atoms with E-state index in [1.807, 2.05) is 30.3 Å². The van der Waals surface area contributed by atoms with Crippen molar-refractivity contribution >= 4 is 0 Å². The van der Waals surface area contributed by atoms with Crippen LogP contribution in [0.1, 0.15) is 25.0 Å². The van der Waals surface area contributed by atoms with E-state index < -0.39 is 0 Å². The van der Waals surface area contributed by atoms with E-state index in [0.717, 1.165) is 0 Å². The molecule has 3 aromatic carbocycles. The van der Waals surface area contributed by atoms with Crippen molar-refractivity contribution in [3.05, 3.63) is 96.1 Å². The van der Waals surface area contributed by atoms with Crippen LogP contribution >= 0.6 is 0 Å². The molecule has 3 aromatic rings. The van der Waals surface area contributed by atoms with Crippen molar-refractivity contribution in [1.82, 2.24) is 0 Å². The van der Waals surface area contributed by atoms with Crippen LogP contribution in [0.4, 0.5) is 0 Å². The average molecular weight is 304 g/mol. The van der Waals surface area contributed by atoms with Crippen LogP contribution in [-0.2, 0) is 22.5 Å². The maximum Gasteiger partial charge on any atom is 2.00 e. The molecule has 0 aliphatic rings. The van der Waals surface area contributed by atoms with Crippen molar-refractivity contribution in [2.45, 2.75) is 19.3 Å². The van der Waals surface area contributed by atoms with Gasteiger partial charge in [0.2, 0.25) is 0 Å². The van der Waals surface area contributed by atoms with Gasteiger partial charge in [-0.1, -0.05) is 44.2 Å². The van der Waals surface area contributed by atoms with Gasteiger partial charge in [0.15, 0.2) is 0 Å². The zero-order valence-corrected chi connectivity index (χ0v) is 13.0. The van der Waals surface area contributed by atoms with Crippen LogP contribution in [0.25, 0.3) is 0 Å². The number of hydrogen-bond donors (Lipinski definition) is 0. The third-order valence-electron chi connectivity index (χ3n) is 3.44. The van der Waals surface area contributed by atoms with Gasteiger partial charge >= 0.3 is 17.1 Å². The Morgan fingerprint density at radius 3 is 1.80 bits per heavy atom. The summed E-state index contributed by atoms with van der Waals surface area (Å²) in [5.74, 6) is 0. The maximum absolute atomic E-state index is 2.26. The van der Waals surface area contributed by atoms with E-state index in [4.69, 9.17) is 0 Å². The van der Waals surface area contributed by atoms with Crippen molar-refractivity contribution in [3.8, 4) is 0 Å². The summed E-state index contributed by atoms with van der Waals surface area (Å²) >= 11 is 0. The second kappa shape index (κ2) is 7.89. The Balaban J connectivity index is 0.000000283. The molecule has 0 aliphatic heterocycles. The van der Waals surface area contributed by atoms with Crippen LogP contribution < -0.4 is 0 Å². The first-order valence-corrected chi connectivity index (χ1v) is 6.65. The molecule has 20 heavy (non-hydrogen) atoms. The van der Waals surface area contributed by atoms with Gasteiger partial charge in [0.05, 0.1) is 0 Å². The van der Waals surface area contributed by atoms with Crippen LogP contribution in [0.3, 0.4) is 0 Å². The van der Waals surface area contributed by atoms with Crippen molar-refractivity contribution in [2.75, 3.05) is 0 Å². The Morgan fingerprint density at radius 2 is 1.35 bits per heavy atom. The monoisotopic (exact) mass is 304 g/mol. The Hall–Kier alpha value is -1.56. The maximum atomic E-state index is 2.26. The fraction of sp³-hybridized carbons (Fsp3) is 0.158. The van der Waals surface area contributed by atoms with Crippen molar-refractivity contribution in [1.29, 1.82) is 0 Å². The van der Waals surface area contributed by atoms with Crippen LogP contribution in [0.5, 0.6) is 0 Å². The van der Waals surface area contributed by atoms with E-state index in [1.165, 1.54) is 11.1 Å². The average Bonchev–Trinajstić information content (AvgIpc) is 3.15. The predicted molar refractivity (Wildman–Crippen MR) is 82.6 cm³/mol. The predicted octanol–water partition coefficient (Wildman–Crippen LogP) is 5.13. The smallest absolute Gasteiger partial charge is 0.214 e. The van der Waals surface area contributed by atoms with Crippen molar-refractivity contribution < 1.29 is 17.1 Å². The molecular formula is C19H20Fe. The fourth-order valence-corrected chi connectivity index (χ4v) is 2.13. The summed E-state index contributed by atoms with van der Waals surface area (Å²) in [7, 11) is 0. The largest absolute Gasteiger partial charge is 2.00 e. The molecule has 0 saturated carbocycles. The number of hydrogen-bond acceptors (Lipinski definition) is 0. The third-order valence-corrected chi connectivity index (χ3v) is 3.44. The fourth-order valence-electron chi connectivity index (χ4n) is 2.13. The van der Waals surface area contributed by atoms with Crippen LogP contribution in [0, 0.1) is 0 Å². The van der Waals surface area contributed by atoms with Crippen LogP contribution in [0.2, 0.25) is 0 Å². The molecule has 0 unspecified atom stereocenters. The van der Waals surface area contributed by atoms with Gasteiger partial charge in [0.1, 0.15) is 0 Å². The molecule has 0 amide bonds. The summed E-state index contributed by atoms with van der Waals surface area (Å²) in [4.78, 5) is 0. The standard InChI is InChI=1S/C14H15.C5H5.Fe/c1-14(2,13-10-6-7-11-13)12-8-4-3-5-9-12;1-2-4-5-3-1;/h3-11H,1-2H3;1-5H;/q2*-1;+2. The molecule has 0 fully saturated rings. The quantitative estimate of drug-likeness (QED) is 0.454. The van der Waals surface area contributed by atoms with Gasteiger partial charge in [0.25, 0.3) is 0 Å². The first-order valence-electron chi connectivity index (χ1n) is 6.65. The zero-order valence-electron chi connectivity index (χ0n) is 11.9. The summed E-state index contributed by atoms with van der Waals surface area (Å²) in [6.07, 6.45) is 0. The van der Waals surface area contributed by atoms with Crippen LogP contribution in [0.15, 0.2) is 84.9 Å². The summed E-state index contributed by atoms with van der Waals surface area (Å²) < 4.78 is 0. The SMILES string of the molecule is CC(C)(c1ccccc1)[c-]1cccc1.[Fe+2].c1cc[cH-]c1. The summed E-state index contributed by atoms with van der Waals surface area (Å²) in [6, 6.07) is 29.2. The van der Waals surface area contributed by atoms with Crippen LogP contribution in [-0.4, -0.2) is 0 Å². The molecule has 0 spiro atoms. The molecule has 0 radical (unpaired) electrons. The zero-order chi connectivity index (χ0) is 13.6. The molecule has 0 aliphatic carbocycles. The van der Waals surface area contributed by atoms with E-state index in [1.54, 1.807) is 0 Å². The van der Waals surface area contributed by atoms with Gasteiger partial charge in [0, 0.05) is 0 Å². The molecule has 1 heteroatoms. The van der Waals surface area contributed by atoms with Crippen molar-refractivity contribution in [3.63, 3.8) is 0 Å². The van der Waals surface area contributed by atoms with Crippen molar-refractivity contribution in [2.24, 2.45) is 0 Å². The van der Waals surface area contributed by atoms with E-state index in [0.29, 0.717) is 0 Å². The minimum Gasteiger partial charge on any atom is -0.214 e. The van der Waals surface area contributed by atoms with Gasteiger partial charge < -0.3 is 0 Å². The minimum absolute atomic E-state index is 0. The Kier molecular flexibility index (Phi) is 6.51. The Bertz CT molecular complexity index is 528. The summed E-state index contributed by atoms with van der Waals surface area (Å²) in [5.41, 5.74) is 2.86. The molecule has 0 atom stereocenters. The van der Waals surface area contributed by atoms with Gasteiger partial charge in [-0.25, -0.2) is 24.3 Å². The molecule has 3 rings (SSSR count). The Labute approximate surface area is 132 Å². The van der Waals surface area contributed by atoms with E-state index >= 15 is 0 Å². The molecule has 0 N–H and O–H groups in total. The van der Waals surface area contributed by atoms with E-state index in [2.05, 4.69) is 68.4 Å². The van der Waals surface area contributed by atoms with E-state index in [-0.39, 0.29) is 22.5 Å². The van der Waals surface area contributed by atoms with Gasteiger partial charge in [-0.2, -0.15) is 30.3 Å². The molecule has 0 nitrogen and oxygen atoms in total. The first kappa shape index (κ1) is 16.5. The second-order valence-corrected chi connectivity index (χ2v) is 5.13. The summed E-state index contributed by atoms with van der Waals surface area (Å²) in [5, 5.41) is 0. The first-order chi connectivity index (χ1) is 9.21. The molecule has 0 bridgehead atoms. The molecule has 0 heterocycles. The minimum atomic E-state index is 0. The molecule has 0 saturated heterocycles.